The molecule has 0 amide bonds. The number of aromatic nitrogens is 3. The molecule has 2 aromatic heterocycles. The Bertz CT molecular complexity index is 572. The zero-order valence-corrected chi connectivity index (χ0v) is 12.6. The van der Waals surface area contributed by atoms with Gasteiger partial charge < -0.3 is 9.42 Å². The molecule has 0 aliphatic carbocycles. The molecule has 0 spiro atoms. The van der Waals surface area contributed by atoms with E-state index in [0.29, 0.717) is 11.7 Å². The van der Waals surface area contributed by atoms with Gasteiger partial charge >= 0.3 is 0 Å². The number of piperazine rings is 1. The molecule has 0 atom stereocenters. The molecule has 0 unspecified atom stereocenters. The van der Waals surface area contributed by atoms with E-state index in [9.17, 15) is 0 Å². The third kappa shape index (κ3) is 3.21. The summed E-state index contributed by atoms with van der Waals surface area (Å²) in [5, 5.41) is 3.80. The lowest BCUT2D eigenvalue weighted by Gasteiger charge is -2.35. The topological polar surface area (TPSA) is 58.3 Å². The maximum atomic E-state index is 5.16. The van der Waals surface area contributed by atoms with Gasteiger partial charge in [-0.05, 0) is 32.0 Å². The van der Waals surface area contributed by atoms with Gasteiger partial charge in [-0.25, -0.2) is 4.98 Å². The first-order valence-electron chi connectivity index (χ1n) is 7.50. The van der Waals surface area contributed by atoms with Crippen LogP contribution in [0.3, 0.4) is 0 Å². The van der Waals surface area contributed by atoms with Crippen LogP contribution in [0.15, 0.2) is 22.9 Å². The number of hydrogen-bond donors (Lipinski definition) is 0. The fraction of sp³-hybridized carbons (Fsp3) is 0.533. The zero-order valence-electron chi connectivity index (χ0n) is 12.6. The van der Waals surface area contributed by atoms with E-state index in [-0.39, 0.29) is 0 Å². The highest BCUT2D eigenvalue weighted by Gasteiger charge is 2.17. The Morgan fingerprint density at radius 3 is 2.57 bits per heavy atom. The lowest BCUT2D eigenvalue weighted by Crippen LogP contribution is -2.46. The molecule has 0 N–H and O–H groups in total. The molecule has 3 rings (SSSR count). The van der Waals surface area contributed by atoms with Crippen molar-refractivity contribution >= 4 is 5.82 Å². The van der Waals surface area contributed by atoms with Crippen LogP contribution in [0.1, 0.15) is 19.2 Å². The van der Waals surface area contributed by atoms with E-state index in [1.807, 2.05) is 19.1 Å². The lowest BCUT2D eigenvalue weighted by molar-refractivity contribution is 0.258. The molecule has 2 aromatic rings. The standard InChI is InChI=1S/C15H21N5O/c1-3-6-19-7-9-20(10-8-19)14-5-4-13(11-16-14)15-17-12(2)18-21-15/h4-5,11H,3,6-10H2,1-2H3. The van der Waals surface area contributed by atoms with E-state index in [2.05, 4.69) is 31.8 Å². The number of nitrogens with zero attached hydrogens (tertiary/aromatic N) is 5. The second-order valence-electron chi connectivity index (χ2n) is 5.38. The van der Waals surface area contributed by atoms with Crippen LogP contribution in [0.5, 0.6) is 0 Å². The summed E-state index contributed by atoms with van der Waals surface area (Å²) in [5.41, 5.74) is 0.865. The van der Waals surface area contributed by atoms with E-state index < -0.39 is 0 Å². The highest BCUT2D eigenvalue weighted by molar-refractivity contribution is 5.54. The van der Waals surface area contributed by atoms with Gasteiger partial charge in [-0.2, -0.15) is 4.98 Å². The third-order valence-electron chi connectivity index (χ3n) is 3.76. The minimum atomic E-state index is 0.527. The molecule has 0 bridgehead atoms. The van der Waals surface area contributed by atoms with Crippen molar-refractivity contribution in [3.8, 4) is 11.5 Å². The molecule has 6 heteroatoms. The number of hydrogen-bond acceptors (Lipinski definition) is 6. The number of pyridine rings is 1. The molecule has 0 saturated carbocycles. The average Bonchev–Trinajstić information content (AvgIpc) is 2.95. The SMILES string of the molecule is CCCN1CCN(c2ccc(-c3nc(C)no3)cn2)CC1. The van der Waals surface area contributed by atoms with Crippen LogP contribution >= 0.6 is 0 Å². The third-order valence-corrected chi connectivity index (χ3v) is 3.76. The van der Waals surface area contributed by atoms with Crippen molar-refractivity contribution in [1.29, 1.82) is 0 Å². The van der Waals surface area contributed by atoms with Gasteiger partial charge in [0.25, 0.3) is 5.89 Å². The molecule has 1 aliphatic heterocycles. The van der Waals surface area contributed by atoms with Crippen LogP contribution in [0.4, 0.5) is 5.82 Å². The quantitative estimate of drug-likeness (QED) is 0.857. The van der Waals surface area contributed by atoms with E-state index in [1.54, 1.807) is 6.20 Å². The fourth-order valence-electron chi connectivity index (χ4n) is 2.63. The normalized spacial score (nSPS) is 16.4. The van der Waals surface area contributed by atoms with Crippen LogP contribution in [0.2, 0.25) is 0 Å². The maximum absolute atomic E-state index is 5.16. The van der Waals surface area contributed by atoms with Gasteiger partial charge in [0.15, 0.2) is 5.82 Å². The summed E-state index contributed by atoms with van der Waals surface area (Å²) in [6.45, 7) is 9.52. The van der Waals surface area contributed by atoms with Crippen LogP contribution in [-0.4, -0.2) is 52.7 Å². The van der Waals surface area contributed by atoms with Gasteiger partial charge in [-0.1, -0.05) is 12.1 Å². The molecule has 1 saturated heterocycles. The molecule has 3 heterocycles. The van der Waals surface area contributed by atoms with Crippen LogP contribution in [-0.2, 0) is 0 Å². The Labute approximate surface area is 124 Å². The first kappa shape index (κ1) is 14.0. The largest absolute Gasteiger partial charge is 0.354 e. The maximum Gasteiger partial charge on any atom is 0.259 e. The fourth-order valence-corrected chi connectivity index (χ4v) is 2.63. The predicted octanol–water partition coefficient (Wildman–Crippen LogP) is 1.97. The lowest BCUT2D eigenvalue weighted by atomic mass is 10.2. The average molecular weight is 287 g/mol. The molecule has 1 aliphatic rings. The van der Waals surface area contributed by atoms with E-state index >= 15 is 0 Å². The van der Waals surface area contributed by atoms with Crippen molar-refractivity contribution in [3.05, 3.63) is 24.2 Å². The molecule has 21 heavy (non-hydrogen) atoms. The Morgan fingerprint density at radius 1 is 1.19 bits per heavy atom. The van der Waals surface area contributed by atoms with E-state index in [0.717, 1.165) is 37.6 Å². The van der Waals surface area contributed by atoms with E-state index in [4.69, 9.17) is 4.52 Å². The molecular formula is C15H21N5O. The van der Waals surface area contributed by atoms with Gasteiger partial charge in [0.1, 0.15) is 5.82 Å². The highest BCUT2D eigenvalue weighted by atomic mass is 16.5. The Balaban J connectivity index is 1.65. The summed E-state index contributed by atoms with van der Waals surface area (Å²) in [6.07, 6.45) is 3.03. The first-order valence-corrected chi connectivity index (χ1v) is 7.50. The van der Waals surface area contributed by atoms with Gasteiger partial charge in [0, 0.05) is 32.4 Å². The van der Waals surface area contributed by atoms with Crippen molar-refractivity contribution in [1.82, 2.24) is 20.0 Å². The highest BCUT2D eigenvalue weighted by Crippen LogP contribution is 2.20. The Morgan fingerprint density at radius 2 is 2.00 bits per heavy atom. The molecule has 0 radical (unpaired) electrons. The predicted molar refractivity (Wildman–Crippen MR) is 81.2 cm³/mol. The second kappa shape index (κ2) is 6.22. The van der Waals surface area contributed by atoms with Crippen molar-refractivity contribution in [2.45, 2.75) is 20.3 Å². The Kier molecular flexibility index (Phi) is 4.15. The summed E-state index contributed by atoms with van der Waals surface area (Å²) in [7, 11) is 0. The van der Waals surface area contributed by atoms with Gasteiger partial charge in [-0.15, -0.1) is 0 Å². The molecular weight excluding hydrogens is 266 g/mol. The Hall–Kier alpha value is -1.95. The minimum Gasteiger partial charge on any atom is -0.354 e. The summed E-state index contributed by atoms with van der Waals surface area (Å²) in [5.74, 6) is 2.19. The molecule has 1 fully saturated rings. The minimum absolute atomic E-state index is 0.527. The van der Waals surface area contributed by atoms with Gasteiger partial charge in [0.05, 0.1) is 5.56 Å². The zero-order chi connectivity index (χ0) is 14.7. The van der Waals surface area contributed by atoms with Crippen LogP contribution in [0.25, 0.3) is 11.5 Å². The van der Waals surface area contributed by atoms with Crippen molar-refractivity contribution in [2.24, 2.45) is 0 Å². The summed E-state index contributed by atoms with van der Waals surface area (Å²) in [6, 6.07) is 4.03. The molecule has 0 aromatic carbocycles. The summed E-state index contributed by atoms with van der Waals surface area (Å²) >= 11 is 0. The molecule has 6 nitrogen and oxygen atoms in total. The summed E-state index contributed by atoms with van der Waals surface area (Å²) < 4.78 is 5.16. The van der Waals surface area contributed by atoms with Crippen LogP contribution < -0.4 is 4.90 Å². The summed E-state index contributed by atoms with van der Waals surface area (Å²) in [4.78, 5) is 13.6. The van der Waals surface area contributed by atoms with Gasteiger partial charge in [-0.3, -0.25) is 4.90 Å². The number of anilines is 1. The number of rotatable bonds is 4. The van der Waals surface area contributed by atoms with Crippen molar-refractivity contribution in [2.75, 3.05) is 37.6 Å². The van der Waals surface area contributed by atoms with Gasteiger partial charge in [0.2, 0.25) is 0 Å². The van der Waals surface area contributed by atoms with E-state index in [1.165, 1.54) is 13.0 Å². The smallest absolute Gasteiger partial charge is 0.259 e. The first-order chi connectivity index (χ1) is 10.3. The van der Waals surface area contributed by atoms with Crippen molar-refractivity contribution in [3.63, 3.8) is 0 Å². The second-order valence-corrected chi connectivity index (χ2v) is 5.38. The number of aryl methyl sites for hydroxylation is 1. The van der Waals surface area contributed by atoms with Crippen molar-refractivity contribution < 1.29 is 4.52 Å². The van der Waals surface area contributed by atoms with Crippen LogP contribution in [0, 0.1) is 6.92 Å². The molecule has 112 valence electrons. The monoisotopic (exact) mass is 287 g/mol.